The minimum Gasteiger partial charge on any atom is -0.383 e. The summed E-state index contributed by atoms with van der Waals surface area (Å²) in [5.74, 6) is 0.856. The molecule has 2 heterocycles. The van der Waals surface area contributed by atoms with Crippen molar-refractivity contribution in [1.29, 1.82) is 0 Å². The summed E-state index contributed by atoms with van der Waals surface area (Å²) in [6, 6.07) is 8.05. The molecule has 1 aliphatic heterocycles. The topological polar surface area (TPSA) is 61.7 Å². The molecule has 0 bridgehead atoms. The van der Waals surface area contributed by atoms with Gasteiger partial charge in [0.25, 0.3) is 0 Å². The van der Waals surface area contributed by atoms with Crippen molar-refractivity contribution in [2.24, 2.45) is 0 Å². The van der Waals surface area contributed by atoms with E-state index >= 15 is 0 Å². The number of likely N-dealkylation sites (N-methyl/N-ethyl adjacent to an activating group) is 1. The minimum atomic E-state index is 0.0404. The predicted molar refractivity (Wildman–Crippen MR) is 90.3 cm³/mol. The molecule has 0 amide bonds. The van der Waals surface area contributed by atoms with E-state index in [2.05, 4.69) is 28.6 Å². The summed E-state index contributed by atoms with van der Waals surface area (Å²) in [4.78, 5) is 3.03. The number of ether oxygens (including phenoxy) is 1. The third-order valence-electron chi connectivity index (χ3n) is 4.70. The molecule has 24 heavy (non-hydrogen) atoms. The van der Waals surface area contributed by atoms with Crippen molar-refractivity contribution in [2.75, 3.05) is 46.9 Å². The lowest BCUT2D eigenvalue weighted by molar-refractivity contribution is -1.02. The number of tetrazole rings is 1. The molecule has 0 radical (unpaired) electrons. The Morgan fingerprint density at radius 2 is 2.00 bits per heavy atom. The molecule has 3 rings (SSSR count). The second-order valence-electron chi connectivity index (χ2n) is 6.32. The van der Waals surface area contributed by atoms with Gasteiger partial charge in [0.1, 0.15) is 26.2 Å². The highest BCUT2D eigenvalue weighted by molar-refractivity contribution is 6.31. The average Bonchev–Trinajstić information content (AvgIpc) is 3.05. The van der Waals surface area contributed by atoms with Gasteiger partial charge in [-0.2, -0.15) is 0 Å². The van der Waals surface area contributed by atoms with Crippen LogP contribution in [0.4, 0.5) is 0 Å². The quantitative estimate of drug-likeness (QED) is 0.662. The Bertz CT molecular complexity index is 656. The van der Waals surface area contributed by atoms with Gasteiger partial charge in [-0.25, -0.2) is 4.68 Å². The Hall–Kier alpha value is -1.54. The van der Waals surface area contributed by atoms with Gasteiger partial charge in [-0.1, -0.05) is 29.8 Å². The molecule has 0 saturated carbocycles. The first-order chi connectivity index (χ1) is 11.7. The maximum absolute atomic E-state index is 6.52. The molecule has 1 aliphatic rings. The number of methoxy groups -OCH3 is 1. The third kappa shape index (κ3) is 3.75. The van der Waals surface area contributed by atoms with E-state index in [1.807, 2.05) is 22.9 Å². The molecule has 1 aromatic carbocycles. The van der Waals surface area contributed by atoms with Crippen LogP contribution in [0.5, 0.6) is 0 Å². The zero-order valence-electron chi connectivity index (χ0n) is 14.2. The Labute approximate surface area is 147 Å². The molecule has 1 aromatic heterocycles. The molecular weight excluding hydrogens is 328 g/mol. The van der Waals surface area contributed by atoms with E-state index in [0.717, 1.165) is 42.6 Å². The van der Waals surface area contributed by atoms with Crippen LogP contribution < -0.4 is 9.80 Å². The molecule has 8 heteroatoms. The summed E-state index contributed by atoms with van der Waals surface area (Å²) >= 11 is 6.52. The Balaban J connectivity index is 1.96. The number of rotatable bonds is 6. The first-order valence-corrected chi connectivity index (χ1v) is 8.73. The highest BCUT2D eigenvalue weighted by Crippen LogP contribution is 2.24. The zero-order chi connectivity index (χ0) is 16.9. The Kier molecular flexibility index (Phi) is 5.78. The van der Waals surface area contributed by atoms with Crippen LogP contribution in [0.25, 0.3) is 0 Å². The lowest BCUT2D eigenvalue weighted by Gasteiger charge is -2.33. The smallest absolute Gasteiger partial charge is 0.214 e. The van der Waals surface area contributed by atoms with E-state index in [9.17, 15) is 0 Å². The van der Waals surface area contributed by atoms with Gasteiger partial charge in [0.05, 0.1) is 25.2 Å². The van der Waals surface area contributed by atoms with Crippen LogP contribution >= 0.6 is 11.6 Å². The first-order valence-electron chi connectivity index (χ1n) is 8.36. The first kappa shape index (κ1) is 17.3. The van der Waals surface area contributed by atoms with E-state index in [1.165, 1.54) is 4.90 Å². The van der Waals surface area contributed by atoms with Gasteiger partial charge < -0.3 is 14.5 Å². The normalized spacial score (nSPS) is 22.5. The van der Waals surface area contributed by atoms with Crippen molar-refractivity contribution in [1.82, 2.24) is 20.2 Å². The summed E-state index contributed by atoms with van der Waals surface area (Å²) in [5.41, 5.74) is 1.09. The number of hydrogen-bond acceptors (Lipinski definition) is 4. The highest BCUT2D eigenvalue weighted by Gasteiger charge is 2.35. The fourth-order valence-corrected chi connectivity index (χ4v) is 3.54. The lowest BCUT2D eigenvalue weighted by atomic mass is 10.0. The second-order valence-corrected chi connectivity index (χ2v) is 6.73. The molecule has 1 atom stereocenters. The Morgan fingerprint density at radius 1 is 1.25 bits per heavy atom. The molecule has 7 nitrogen and oxygen atoms in total. The molecule has 130 valence electrons. The van der Waals surface area contributed by atoms with Gasteiger partial charge in [0.2, 0.25) is 5.82 Å². The monoisotopic (exact) mass is 352 g/mol. The minimum absolute atomic E-state index is 0.0404. The third-order valence-corrected chi connectivity index (χ3v) is 5.04. The zero-order valence-corrected chi connectivity index (χ0v) is 15.0. The number of nitrogens with one attached hydrogen (secondary N) is 2. The number of quaternary nitrogens is 2. The van der Waals surface area contributed by atoms with Crippen LogP contribution in [0.1, 0.15) is 17.4 Å². The molecule has 0 spiro atoms. The van der Waals surface area contributed by atoms with Gasteiger partial charge in [-0.05, 0) is 16.5 Å². The van der Waals surface area contributed by atoms with Gasteiger partial charge in [-0.15, -0.1) is 5.10 Å². The number of piperazine rings is 1. The fourth-order valence-electron chi connectivity index (χ4n) is 3.29. The van der Waals surface area contributed by atoms with E-state index in [4.69, 9.17) is 16.3 Å². The molecule has 2 aromatic rings. The van der Waals surface area contributed by atoms with E-state index in [0.29, 0.717) is 13.2 Å². The van der Waals surface area contributed by atoms with Gasteiger partial charge in [0.15, 0.2) is 6.04 Å². The van der Waals surface area contributed by atoms with Gasteiger partial charge in [0, 0.05) is 12.7 Å². The van der Waals surface area contributed by atoms with Crippen molar-refractivity contribution >= 4 is 11.6 Å². The summed E-state index contributed by atoms with van der Waals surface area (Å²) in [6.45, 7) is 5.62. The van der Waals surface area contributed by atoms with Crippen LogP contribution in [0.15, 0.2) is 24.3 Å². The van der Waals surface area contributed by atoms with Crippen LogP contribution in [-0.4, -0.2) is 67.2 Å². The standard InChI is InChI=1S/C16H23ClN6O/c1-21-7-9-22(10-8-21)15(13-5-3-4-6-14(13)17)16-18-19-20-23(16)11-12-24-2/h3-6,15H,7-12H2,1-2H3/p+2/t15-/m0/s1. The summed E-state index contributed by atoms with van der Waals surface area (Å²) < 4.78 is 7.03. The van der Waals surface area contributed by atoms with Crippen LogP contribution in [0.3, 0.4) is 0 Å². The molecule has 1 fully saturated rings. The molecule has 2 N–H and O–H groups in total. The number of benzene rings is 1. The number of halogens is 1. The second kappa shape index (κ2) is 8.02. The van der Waals surface area contributed by atoms with Crippen LogP contribution in [-0.2, 0) is 11.3 Å². The summed E-state index contributed by atoms with van der Waals surface area (Å²) in [6.07, 6.45) is 0. The molecular formula is C16H25ClN6O+2. The lowest BCUT2D eigenvalue weighted by Crippen LogP contribution is -3.27. The maximum atomic E-state index is 6.52. The fraction of sp³-hybridized carbons (Fsp3) is 0.562. The molecule has 0 aliphatic carbocycles. The average molecular weight is 353 g/mol. The number of hydrogen-bond donors (Lipinski definition) is 2. The van der Waals surface area contributed by atoms with Gasteiger partial charge >= 0.3 is 0 Å². The summed E-state index contributed by atoms with van der Waals surface area (Å²) in [7, 11) is 3.92. The summed E-state index contributed by atoms with van der Waals surface area (Å²) in [5, 5.41) is 13.2. The van der Waals surface area contributed by atoms with Crippen LogP contribution in [0.2, 0.25) is 5.02 Å². The molecule has 1 saturated heterocycles. The van der Waals surface area contributed by atoms with E-state index in [-0.39, 0.29) is 6.04 Å². The SMILES string of the molecule is COCCn1nnnc1[C@H](c1ccccc1Cl)[NH+]1CC[NH+](C)CC1. The number of aromatic nitrogens is 4. The van der Waals surface area contributed by atoms with E-state index in [1.54, 1.807) is 12.0 Å². The van der Waals surface area contributed by atoms with Crippen molar-refractivity contribution in [3.05, 3.63) is 40.7 Å². The number of nitrogens with zero attached hydrogens (tertiary/aromatic N) is 4. The largest absolute Gasteiger partial charge is 0.383 e. The van der Waals surface area contributed by atoms with Crippen LogP contribution in [0, 0.1) is 0 Å². The maximum Gasteiger partial charge on any atom is 0.214 e. The molecule has 0 unspecified atom stereocenters. The highest BCUT2D eigenvalue weighted by atomic mass is 35.5. The van der Waals surface area contributed by atoms with Crippen molar-refractivity contribution < 1.29 is 14.5 Å². The Morgan fingerprint density at radius 3 is 2.71 bits per heavy atom. The van der Waals surface area contributed by atoms with Crippen molar-refractivity contribution in [3.8, 4) is 0 Å². The van der Waals surface area contributed by atoms with E-state index < -0.39 is 0 Å². The predicted octanol–water partition coefficient (Wildman–Crippen LogP) is -1.52. The van der Waals surface area contributed by atoms with Crippen molar-refractivity contribution in [2.45, 2.75) is 12.6 Å². The van der Waals surface area contributed by atoms with Crippen molar-refractivity contribution in [3.63, 3.8) is 0 Å². The van der Waals surface area contributed by atoms with Gasteiger partial charge in [-0.3, -0.25) is 0 Å².